The first-order chi connectivity index (χ1) is 12.0. The minimum Gasteiger partial charge on any atom is -0.351 e. The van der Waals surface area contributed by atoms with Crippen LogP contribution in [-0.2, 0) is 11.2 Å². The lowest BCUT2D eigenvalue weighted by atomic mass is 9.95. The fourth-order valence-electron chi connectivity index (χ4n) is 3.21. The second-order valence-electron chi connectivity index (χ2n) is 6.09. The zero-order chi connectivity index (χ0) is 18.0. The monoisotopic (exact) mass is 341 g/mol. The molecule has 3 N–H and O–H groups in total. The number of nitrogens with zero attached hydrogens (tertiary/aromatic N) is 1. The van der Waals surface area contributed by atoms with E-state index in [1.807, 2.05) is 13.0 Å². The molecule has 0 aromatic heterocycles. The van der Waals surface area contributed by atoms with Crippen LogP contribution in [0.1, 0.15) is 30.4 Å². The fraction of sp³-hybridized carbons (Fsp3) is 0.263. The number of nitrogens with two attached hydrogens (primary N) is 1. The topological polar surface area (TPSA) is 75.4 Å². The Balaban J connectivity index is 1.76. The van der Waals surface area contributed by atoms with E-state index in [9.17, 15) is 14.0 Å². The molecule has 3 rings (SSSR count). The van der Waals surface area contributed by atoms with Crippen molar-refractivity contribution < 1.29 is 14.0 Å². The van der Waals surface area contributed by atoms with E-state index in [4.69, 9.17) is 5.73 Å². The Morgan fingerprint density at radius 2 is 1.96 bits per heavy atom. The number of amides is 3. The molecule has 1 unspecified atom stereocenters. The highest BCUT2D eigenvalue weighted by atomic mass is 19.1. The second kappa shape index (κ2) is 6.93. The molecular formula is C19H20FN3O2. The van der Waals surface area contributed by atoms with Crippen LogP contribution in [0.15, 0.2) is 42.5 Å². The zero-order valence-electron chi connectivity index (χ0n) is 14.0. The number of rotatable bonds is 4. The van der Waals surface area contributed by atoms with Crippen molar-refractivity contribution >= 4 is 23.3 Å². The summed E-state index contributed by atoms with van der Waals surface area (Å²) in [5, 5.41) is 2.91. The quantitative estimate of drug-likeness (QED) is 0.894. The second-order valence-corrected chi connectivity index (χ2v) is 6.09. The Morgan fingerprint density at radius 3 is 2.60 bits per heavy atom. The summed E-state index contributed by atoms with van der Waals surface area (Å²) in [5.41, 5.74) is 8.58. The van der Waals surface area contributed by atoms with Crippen LogP contribution in [0.2, 0.25) is 0 Å². The highest BCUT2D eigenvalue weighted by Crippen LogP contribution is 2.31. The highest BCUT2D eigenvalue weighted by Gasteiger charge is 2.24. The number of urea groups is 1. The summed E-state index contributed by atoms with van der Waals surface area (Å²) in [6.07, 6.45) is 1.31. The van der Waals surface area contributed by atoms with E-state index in [1.54, 1.807) is 24.3 Å². The van der Waals surface area contributed by atoms with Gasteiger partial charge in [0.2, 0.25) is 5.91 Å². The Hall–Kier alpha value is -2.89. The number of primary amides is 1. The SMILES string of the molecule is CCC(C(=O)Nc1ccc2c(c1)CCN2C(N)=O)c1ccc(F)cc1. The summed E-state index contributed by atoms with van der Waals surface area (Å²) in [7, 11) is 0. The Bertz CT molecular complexity index is 805. The summed E-state index contributed by atoms with van der Waals surface area (Å²) in [6.45, 7) is 2.47. The average Bonchev–Trinajstić information content (AvgIpc) is 3.00. The lowest BCUT2D eigenvalue weighted by Gasteiger charge is -2.17. The van der Waals surface area contributed by atoms with Gasteiger partial charge < -0.3 is 11.1 Å². The van der Waals surface area contributed by atoms with Gasteiger partial charge in [0.1, 0.15) is 5.82 Å². The van der Waals surface area contributed by atoms with E-state index in [-0.39, 0.29) is 17.6 Å². The molecule has 1 heterocycles. The zero-order valence-corrected chi connectivity index (χ0v) is 14.0. The van der Waals surface area contributed by atoms with Gasteiger partial charge in [-0.2, -0.15) is 0 Å². The number of carbonyl (C=O) groups is 2. The average molecular weight is 341 g/mol. The molecule has 0 bridgehead atoms. The first-order valence-corrected chi connectivity index (χ1v) is 8.26. The molecule has 0 saturated carbocycles. The molecule has 25 heavy (non-hydrogen) atoms. The number of benzene rings is 2. The van der Waals surface area contributed by atoms with Gasteiger partial charge in [-0.3, -0.25) is 9.69 Å². The number of fused-ring (bicyclic) bond motifs is 1. The first kappa shape index (κ1) is 17.0. The number of hydrogen-bond donors (Lipinski definition) is 2. The Kier molecular flexibility index (Phi) is 4.70. The third kappa shape index (κ3) is 3.47. The maximum absolute atomic E-state index is 13.1. The molecule has 0 aliphatic carbocycles. The third-order valence-corrected chi connectivity index (χ3v) is 4.51. The summed E-state index contributed by atoms with van der Waals surface area (Å²) < 4.78 is 13.1. The largest absolute Gasteiger partial charge is 0.351 e. The van der Waals surface area contributed by atoms with E-state index in [0.717, 1.165) is 16.8 Å². The Morgan fingerprint density at radius 1 is 1.24 bits per heavy atom. The van der Waals surface area contributed by atoms with Gasteiger partial charge in [-0.1, -0.05) is 19.1 Å². The lowest BCUT2D eigenvalue weighted by molar-refractivity contribution is -0.117. The van der Waals surface area contributed by atoms with Gasteiger partial charge in [0, 0.05) is 17.9 Å². The summed E-state index contributed by atoms with van der Waals surface area (Å²) >= 11 is 0. The maximum atomic E-state index is 13.1. The number of hydrogen-bond acceptors (Lipinski definition) is 2. The molecular weight excluding hydrogens is 321 g/mol. The van der Waals surface area contributed by atoms with Gasteiger partial charge in [0.15, 0.2) is 0 Å². The number of halogens is 1. The normalized spacial score (nSPS) is 14.1. The van der Waals surface area contributed by atoms with Crippen LogP contribution in [0.3, 0.4) is 0 Å². The van der Waals surface area contributed by atoms with E-state index in [1.165, 1.54) is 17.0 Å². The van der Waals surface area contributed by atoms with Crippen molar-refractivity contribution in [1.82, 2.24) is 0 Å². The van der Waals surface area contributed by atoms with Gasteiger partial charge >= 0.3 is 6.03 Å². The van der Waals surface area contributed by atoms with E-state index in [2.05, 4.69) is 5.32 Å². The molecule has 1 aliphatic heterocycles. The maximum Gasteiger partial charge on any atom is 0.319 e. The lowest BCUT2D eigenvalue weighted by Crippen LogP contribution is -2.33. The number of nitrogens with one attached hydrogen (secondary N) is 1. The van der Waals surface area contributed by atoms with Crippen LogP contribution in [0, 0.1) is 5.82 Å². The van der Waals surface area contributed by atoms with Crippen LogP contribution < -0.4 is 16.0 Å². The smallest absolute Gasteiger partial charge is 0.319 e. The molecule has 0 spiro atoms. The van der Waals surface area contributed by atoms with Gasteiger partial charge in [0.25, 0.3) is 0 Å². The first-order valence-electron chi connectivity index (χ1n) is 8.26. The predicted octanol–water partition coefficient (Wildman–Crippen LogP) is 3.40. The number of anilines is 2. The molecule has 0 radical (unpaired) electrons. The van der Waals surface area contributed by atoms with Crippen LogP contribution >= 0.6 is 0 Å². The molecule has 0 saturated heterocycles. The summed E-state index contributed by atoms with van der Waals surface area (Å²) in [6, 6.07) is 10.9. The van der Waals surface area contributed by atoms with Gasteiger partial charge in [-0.15, -0.1) is 0 Å². The van der Waals surface area contributed by atoms with Crippen LogP contribution in [0.4, 0.5) is 20.6 Å². The molecule has 5 nitrogen and oxygen atoms in total. The molecule has 1 aliphatic rings. The summed E-state index contributed by atoms with van der Waals surface area (Å²) in [5.74, 6) is -0.813. The molecule has 3 amide bonds. The third-order valence-electron chi connectivity index (χ3n) is 4.51. The Labute approximate surface area is 145 Å². The van der Waals surface area contributed by atoms with Crippen molar-refractivity contribution in [3.05, 3.63) is 59.4 Å². The summed E-state index contributed by atoms with van der Waals surface area (Å²) in [4.78, 5) is 25.5. The van der Waals surface area contributed by atoms with Crippen LogP contribution in [0.25, 0.3) is 0 Å². The van der Waals surface area contributed by atoms with Crippen LogP contribution in [0.5, 0.6) is 0 Å². The predicted molar refractivity (Wildman–Crippen MR) is 95.1 cm³/mol. The van der Waals surface area contributed by atoms with Crippen molar-refractivity contribution in [2.45, 2.75) is 25.7 Å². The number of carbonyl (C=O) groups excluding carboxylic acids is 2. The minimum absolute atomic E-state index is 0.140. The van der Waals surface area contributed by atoms with Crippen LogP contribution in [-0.4, -0.2) is 18.5 Å². The molecule has 1 atom stereocenters. The minimum atomic E-state index is -0.474. The highest BCUT2D eigenvalue weighted by molar-refractivity contribution is 5.97. The van der Waals surface area contributed by atoms with Crippen molar-refractivity contribution in [2.75, 3.05) is 16.8 Å². The van der Waals surface area contributed by atoms with Gasteiger partial charge in [0.05, 0.1) is 5.92 Å². The van der Waals surface area contributed by atoms with E-state index < -0.39 is 6.03 Å². The molecule has 6 heteroatoms. The van der Waals surface area contributed by atoms with E-state index >= 15 is 0 Å². The fourth-order valence-corrected chi connectivity index (χ4v) is 3.21. The van der Waals surface area contributed by atoms with Crippen molar-refractivity contribution in [1.29, 1.82) is 0 Å². The molecule has 2 aromatic rings. The molecule has 130 valence electrons. The molecule has 2 aromatic carbocycles. The van der Waals surface area contributed by atoms with Crippen molar-refractivity contribution in [3.8, 4) is 0 Å². The van der Waals surface area contributed by atoms with Gasteiger partial charge in [-0.05, 0) is 54.3 Å². The molecule has 0 fully saturated rings. The van der Waals surface area contributed by atoms with E-state index in [0.29, 0.717) is 25.1 Å². The van der Waals surface area contributed by atoms with Crippen molar-refractivity contribution in [2.24, 2.45) is 5.73 Å². The van der Waals surface area contributed by atoms with Crippen molar-refractivity contribution in [3.63, 3.8) is 0 Å². The standard InChI is InChI=1S/C19H20FN3O2/c1-2-16(12-3-5-14(20)6-4-12)18(24)22-15-7-8-17-13(11-15)9-10-23(17)19(21)25/h3-8,11,16H,2,9-10H2,1H3,(H2,21,25)(H,22,24). The van der Waals surface area contributed by atoms with Gasteiger partial charge in [-0.25, -0.2) is 9.18 Å².